The molecule has 0 fully saturated rings. The zero-order valence-corrected chi connectivity index (χ0v) is 11.6. The average molecular weight is 274 g/mol. The van der Waals surface area contributed by atoms with Gasteiger partial charge in [0.15, 0.2) is 11.5 Å². The summed E-state index contributed by atoms with van der Waals surface area (Å²) < 4.78 is 12.8. The third-order valence-corrected chi connectivity index (χ3v) is 3.01. The van der Waals surface area contributed by atoms with Crippen molar-refractivity contribution < 1.29 is 9.47 Å². The molecule has 1 heterocycles. The first-order valence-electron chi connectivity index (χ1n) is 6.24. The van der Waals surface area contributed by atoms with Crippen molar-refractivity contribution >= 4 is 5.84 Å². The minimum atomic E-state index is 0.00438. The summed E-state index contributed by atoms with van der Waals surface area (Å²) in [5.41, 5.74) is 7.16. The number of benzene rings is 1. The minimum absolute atomic E-state index is 0.00438. The molecule has 0 aliphatic heterocycles. The summed E-state index contributed by atoms with van der Waals surface area (Å²) in [5, 5.41) is 11.5. The van der Waals surface area contributed by atoms with E-state index >= 15 is 0 Å². The van der Waals surface area contributed by atoms with E-state index in [1.807, 2.05) is 17.8 Å². The van der Waals surface area contributed by atoms with Gasteiger partial charge in [-0.3, -0.25) is 10.1 Å². The van der Waals surface area contributed by atoms with Gasteiger partial charge in [-0.1, -0.05) is 0 Å². The van der Waals surface area contributed by atoms with Gasteiger partial charge in [0.1, 0.15) is 5.84 Å². The summed E-state index contributed by atoms with van der Waals surface area (Å²) >= 11 is 0. The van der Waals surface area contributed by atoms with Crippen LogP contribution in [-0.4, -0.2) is 29.3 Å². The Balaban J connectivity index is 2.02. The lowest BCUT2D eigenvalue weighted by Crippen LogP contribution is -2.11. The van der Waals surface area contributed by atoms with Crippen molar-refractivity contribution in [2.24, 2.45) is 12.8 Å². The minimum Gasteiger partial charge on any atom is -0.493 e. The quantitative estimate of drug-likeness (QED) is 0.614. The predicted octanol–water partition coefficient (Wildman–Crippen LogP) is 1.33. The lowest BCUT2D eigenvalue weighted by molar-refractivity contribution is 0.295. The summed E-state index contributed by atoms with van der Waals surface area (Å²) in [6.07, 6.45) is 2.52. The number of nitrogens with two attached hydrogens (primary N) is 1. The molecule has 2 rings (SSSR count). The highest BCUT2D eigenvalue weighted by molar-refractivity contribution is 5.95. The summed E-state index contributed by atoms with van der Waals surface area (Å²) in [7, 11) is 3.46. The third kappa shape index (κ3) is 3.09. The molecule has 0 atom stereocenters. The summed E-state index contributed by atoms with van der Waals surface area (Å²) in [5.74, 6) is 1.21. The smallest absolute Gasteiger partial charge is 0.161 e. The Morgan fingerprint density at radius 1 is 1.35 bits per heavy atom. The van der Waals surface area contributed by atoms with E-state index in [0.717, 1.165) is 12.1 Å². The van der Waals surface area contributed by atoms with Gasteiger partial charge in [0.2, 0.25) is 0 Å². The van der Waals surface area contributed by atoms with Crippen molar-refractivity contribution in [3.63, 3.8) is 0 Å². The van der Waals surface area contributed by atoms with Gasteiger partial charge >= 0.3 is 0 Å². The first-order chi connectivity index (χ1) is 9.61. The second-order valence-electron chi connectivity index (χ2n) is 4.32. The van der Waals surface area contributed by atoms with E-state index in [2.05, 4.69) is 5.10 Å². The van der Waals surface area contributed by atoms with Crippen LogP contribution in [0.5, 0.6) is 11.5 Å². The molecule has 6 nitrogen and oxygen atoms in total. The maximum absolute atomic E-state index is 7.41. The van der Waals surface area contributed by atoms with E-state index in [-0.39, 0.29) is 5.84 Å². The van der Waals surface area contributed by atoms with Crippen molar-refractivity contribution in [3.8, 4) is 11.5 Å². The number of hydrogen-bond donors (Lipinski definition) is 2. The van der Waals surface area contributed by atoms with Crippen molar-refractivity contribution in [1.82, 2.24) is 9.78 Å². The van der Waals surface area contributed by atoms with Gasteiger partial charge in [-0.2, -0.15) is 5.10 Å². The molecule has 106 valence electrons. The molecule has 0 saturated heterocycles. The number of hydrogen-bond acceptors (Lipinski definition) is 4. The Hall–Kier alpha value is -2.50. The first-order valence-corrected chi connectivity index (χ1v) is 6.24. The Labute approximate surface area is 117 Å². The molecule has 0 unspecified atom stereocenters. The molecular formula is C14H18N4O2. The Morgan fingerprint density at radius 2 is 2.15 bits per heavy atom. The molecule has 0 radical (unpaired) electrons. The van der Waals surface area contributed by atoms with Gasteiger partial charge in [-0.15, -0.1) is 0 Å². The van der Waals surface area contributed by atoms with Crippen LogP contribution in [0.15, 0.2) is 30.5 Å². The van der Waals surface area contributed by atoms with E-state index in [1.165, 1.54) is 0 Å². The molecule has 20 heavy (non-hydrogen) atoms. The number of methoxy groups -OCH3 is 1. The normalized spacial score (nSPS) is 10.3. The molecule has 0 spiro atoms. The Morgan fingerprint density at radius 3 is 2.75 bits per heavy atom. The van der Waals surface area contributed by atoms with Crippen LogP contribution in [0.25, 0.3) is 0 Å². The zero-order chi connectivity index (χ0) is 14.5. The number of nitrogen functional groups attached to an aromatic ring is 1. The first kappa shape index (κ1) is 13.9. The maximum atomic E-state index is 7.41. The van der Waals surface area contributed by atoms with E-state index in [4.69, 9.17) is 20.6 Å². The average Bonchev–Trinajstić information content (AvgIpc) is 2.84. The van der Waals surface area contributed by atoms with Crippen molar-refractivity contribution in [1.29, 1.82) is 5.41 Å². The summed E-state index contributed by atoms with van der Waals surface area (Å²) in [4.78, 5) is 0. The molecule has 2 aromatic rings. The second kappa shape index (κ2) is 6.10. The SMILES string of the molecule is COc1cc(C(=N)N)ccc1OCCc1ccnn1C. The molecule has 6 heteroatoms. The largest absolute Gasteiger partial charge is 0.493 e. The number of ether oxygens (including phenoxy) is 2. The number of rotatable bonds is 6. The number of aromatic nitrogens is 2. The van der Waals surface area contributed by atoms with Crippen LogP contribution in [0, 0.1) is 5.41 Å². The van der Waals surface area contributed by atoms with Crippen LogP contribution in [-0.2, 0) is 13.5 Å². The molecule has 3 N–H and O–H groups in total. The standard InChI is InChI=1S/C14H18N4O2/c1-18-11(5-7-17-18)6-8-20-12-4-3-10(14(15)16)9-13(12)19-2/h3-5,7,9H,6,8H2,1-2H3,(H3,15,16). The van der Waals surface area contributed by atoms with Gasteiger partial charge in [-0.25, -0.2) is 0 Å². The molecule has 0 bridgehead atoms. The number of nitrogens with zero attached hydrogens (tertiary/aromatic N) is 2. The Kier molecular flexibility index (Phi) is 4.24. The summed E-state index contributed by atoms with van der Waals surface area (Å²) in [6, 6.07) is 7.16. The fourth-order valence-electron chi connectivity index (χ4n) is 1.87. The monoisotopic (exact) mass is 274 g/mol. The lowest BCUT2D eigenvalue weighted by Gasteiger charge is -2.12. The molecule has 1 aromatic heterocycles. The predicted molar refractivity (Wildman–Crippen MR) is 76.4 cm³/mol. The van der Waals surface area contributed by atoms with E-state index in [9.17, 15) is 0 Å². The molecule has 1 aromatic carbocycles. The number of amidine groups is 1. The van der Waals surface area contributed by atoms with Gasteiger partial charge in [-0.05, 0) is 24.3 Å². The molecule has 0 aliphatic carbocycles. The van der Waals surface area contributed by atoms with Gasteiger partial charge in [0.25, 0.3) is 0 Å². The van der Waals surface area contributed by atoms with Gasteiger partial charge in [0.05, 0.1) is 13.7 Å². The van der Waals surface area contributed by atoms with E-state index in [1.54, 1.807) is 31.5 Å². The fourth-order valence-corrected chi connectivity index (χ4v) is 1.87. The van der Waals surface area contributed by atoms with Crippen LogP contribution in [0.2, 0.25) is 0 Å². The third-order valence-electron chi connectivity index (χ3n) is 3.01. The van der Waals surface area contributed by atoms with Crippen LogP contribution in [0.4, 0.5) is 0 Å². The van der Waals surface area contributed by atoms with E-state index < -0.39 is 0 Å². The van der Waals surface area contributed by atoms with Crippen molar-refractivity contribution in [2.45, 2.75) is 6.42 Å². The van der Waals surface area contributed by atoms with Crippen LogP contribution >= 0.6 is 0 Å². The maximum Gasteiger partial charge on any atom is 0.161 e. The molecule has 0 saturated carbocycles. The van der Waals surface area contributed by atoms with Crippen LogP contribution < -0.4 is 15.2 Å². The van der Waals surface area contributed by atoms with Crippen molar-refractivity contribution in [2.75, 3.05) is 13.7 Å². The number of nitrogens with one attached hydrogen (secondary N) is 1. The van der Waals surface area contributed by atoms with Gasteiger partial charge < -0.3 is 15.2 Å². The zero-order valence-electron chi connectivity index (χ0n) is 11.6. The highest BCUT2D eigenvalue weighted by Crippen LogP contribution is 2.28. The van der Waals surface area contributed by atoms with Crippen LogP contribution in [0.3, 0.4) is 0 Å². The summed E-state index contributed by atoms with van der Waals surface area (Å²) in [6.45, 7) is 0.523. The molecule has 0 amide bonds. The van der Waals surface area contributed by atoms with Crippen molar-refractivity contribution in [3.05, 3.63) is 41.7 Å². The topological polar surface area (TPSA) is 86.2 Å². The molecular weight excluding hydrogens is 256 g/mol. The highest BCUT2D eigenvalue weighted by atomic mass is 16.5. The Bertz CT molecular complexity index is 607. The number of aryl methyl sites for hydroxylation is 1. The lowest BCUT2D eigenvalue weighted by atomic mass is 10.2. The van der Waals surface area contributed by atoms with Gasteiger partial charge in [0, 0.05) is 30.9 Å². The van der Waals surface area contributed by atoms with Crippen LogP contribution in [0.1, 0.15) is 11.3 Å². The molecule has 0 aliphatic rings. The highest BCUT2D eigenvalue weighted by Gasteiger charge is 2.08. The van der Waals surface area contributed by atoms with E-state index in [0.29, 0.717) is 23.7 Å². The second-order valence-corrected chi connectivity index (χ2v) is 4.32. The fraction of sp³-hybridized carbons (Fsp3) is 0.286.